The van der Waals surface area contributed by atoms with Crippen molar-refractivity contribution in [2.24, 2.45) is 17.8 Å². The predicted molar refractivity (Wildman–Crippen MR) is 164 cm³/mol. The fourth-order valence-electron chi connectivity index (χ4n) is 6.59. The third-order valence-corrected chi connectivity index (χ3v) is 9.26. The van der Waals surface area contributed by atoms with Crippen LogP contribution in [0.4, 0.5) is 11.4 Å². The number of ether oxygens (including phenoxy) is 2. The zero-order valence-electron chi connectivity index (χ0n) is 23.4. The van der Waals surface area contributed by atoms with Gasteiger partial charge in [0, 0.05) is 18.1 Å². The van der Waals surface area contributed by atoms with E-state index in [-0.39, 0.29) is 54.7 Å². The maximum atomic E-state index is 13.7. The van der Waals surface area contributed by atoms with Crippen LogP contribution in [-0.2, 0) is 14.3 Å². The van der Waals surface area contributed by atoms with Gasteiger partial charge < -0.3 is 19.7 Å². The average molecular weight is 689 g/mol. The number of aromatic hydroxyl groups is 1. The highest BCUT2D eigenvalue weighted by molar-refractivity contribution is 14.1. The largest absolute Gasteiger partial charge is 0.504 e. The van der Waals surface area contributed by atoms with Gasteiger partial charge in [-0.3, -0.25) is 19.7 Å². The maximum absolute atomic E-state index is 13.7. The summed E-state index contributed by atoms with van der Waals surface area (Å²) in [6.45, 7) is 2.16. The van der Waals surface area contributed by atoms with Crippen LogP contribution in [0, 0.1) is 31.4 Å². The van der Waals surface area contributed by atoms with Gasteiger partial charge in [0.2, 0.25) is 11.8 Å². The van der Waals surface area contributed by atoms with Gasteiger partial charge in [-0.15, -0.1) is 0 Å². The highest BCUT2D eigenvalue weighted by atomic mass is 127. The van der Waals surface area contributed by atoms with Crippen LogP contribution in [0.1, 0.15) is 44.6 Å². The van der Waals surface area contributed by atoms with E-state index in [0.717, 1.165) is 40.9 Å². The lowest BCUT2D eigenvalue weighted by Crippen LogP contribution is -2.35. The number of nitro benzene ring substituents is 1. The molecule has 0 unspecified atom stereocenters. The molecule has 2 amide bonds. The van der Waals surface area contributed by atoms with Crippen LogP contribution < -0.4 is 9.64 Å². The molecule has 0 spiro atoms. The number of hydrogen-bond acceptors (Lipinski definition) is 8. The van der Waals surface area contributed by atoms with Gasteiger partial charge >= 0.3 is 0 Å². The third kappa shape index (κ3) is 5.57. The van der Waals surface area contributed by atoms with Gasteiger partial charge in [-0.05, 0) is 83.2 Å². The molecule has 0 saturated carbocycles. The average Bonchev–Trinajstić information content (AvgIpc) is 3.51. The quantitative estimate of drug-likeness (QED) is 0.111. The first-order valence-corrected chi connectivity index (χ1v) is 15.1. The Morgan fingerprint density at radius 1 is 1.21 bits per heavy atom. The number of halogens is 1. The summed E-state index contributed by atoms with van der Waals surface area (Å²) in [6.07, 6.45) is 5.28. The van der Waals surface area contributed by atoms with E-state index in [1.807, 2.05) is 6.07 Å². The number of nitrogens with zero attached hydrogens (tertiary/aromatic N) is 2. The van der Waals surface area contributed by atoms with Crippen LogP contribution in [0.15, 0.2) is 53.1 Å². The molecule has 1 aliphatic carbocycles. The number of phenols is 1. The number of benzene rings is 2. The molecule has 42 heavy (non-hydrogen) atoms. The second-order valence-electron chi connectivity index (χ2n) is 10.9. The molecule has 2 fully saturated rings. The van der Waals surface area contributed by atoms with E-state index in [9.17, 15) is 29.9 Å². The number of carbonyl (C=O) groups excluding carboxylic acids is 2. The van der Waals surface area contributed by atoms with Gasteiger partial charge in [-0.1, -0.05) is 31.1 Å². The molecule has 2 aromatic rings. The molecular weight excluding hydrogens is 655 g/mol. The van der Waals surface area contributed by atoms with E-state index in [1.54, 1.807) is 6.07 Å². The van der Waals surface area contributed by atoms with Crippen molar-refractivity contribution in [2.75, 3.05) is 25.2 Å². The van der Waals surface area contributed by atoms with Crippen molar-refractivity contribution in [1.82, 2.24) is 0 Å². The lowest BCUT2D eigenvalue weighted by Gasteiger charge is -2.31. The lowest BCUT2D eigenvalue weighted by molar-refractivity contribution is -0.384. The van der Waals surface area contributed by atoms with Crippen LogP contribution in [0.5, 0.6) is 11.5 Å². The molecule has 5 rings (SSSR count). The van der Waals surface area contributed by atoms with Crippen molar-refractivity contribution in [3.63, 3.8) is 0 Å². The summed E-state index contributed by atoms with van der Waals surface area (Å²) in [5.41, 5.74) is 3.78. The summed E-state index contributed by atoms with van der Waals surface area (Å²) >= 11 is 2.08. The molecule has 2 aliphatic heterocycles. The Balaban J connectivity index is 1.38. The molecule has 0 bridgehead atoms. The van der Waals surface area contributed by atoms with Crippen molar-refractivity contribution in [2.45, 2.75) is 45.1 Å². The Morgan fingerprint density at radius 3 is 2.69 bits per heavy atom. The Morgan fingerprint density at radius 2 is 2.00 bits per heavy atom. The van der Waals surface area contributed by atoms with Crippen LogP contribution in [-0.4, -0.2) is 53.4 Å². The normalized spacial score (nSPS) is 23.8. The number of nitro groups is 1. The first-order valence-electron chi connectivity index (χ1n) is 14.0. The van der Waals surface area contributed by atoms with E-state index in [2.05, 4.69) is 35.6 Å². The minimum Gasteiger partial charge on any atom is -0.504 e. The number of allylic oxidation sites excluding steroid dienone is 1. The smallest absolute Gasteiger partial charge is 0.271 e. The molecule has 0 radical (unpaired) electrons. The molecule has 10 nitrogen and oxygen atoms in total. The first kappa shape index (κ1) is 30.2. The molecule has 2 saturated heterocycles. The number of imide groups is 1. The number of aliphatic hydroxyl groups is 1. The number of amides is 2. The summed E-state index contributed by atoms with van der Waals surface area (Å²) < 4.78 is 12.3. The summed E-state index contributed by atoms with van der Waals surface area (Å²) in [4.78, 5) is 39.0. The van der Waals surface area contributed by atoms with Gasteiger partial charge in [0.1, 0.15) is 0 Å². The molecule has 4 atom stereocenters. The monoisotopic (exact) mass is 688 g/mol. The second kappa shape index (κ2) is 12.5. The van der Waals surface area contributed by atoms with E-state index < -0.39 is 22.7 Å². The van der Waals surface area contributed by atoms with Crippen LogP contribution in [0.2, 0.25) is 0 Å². The number of aliphatic hydroxyl groups excluding tert-OH is 1. The van der Waals surface area contributed by atoms with Crippen molar-refractivity contribution < 1.29 is 34.2 Å². The highest BCUT2D eigenvalue weighted by Gasteiger charge is 2.57. The maximum Gasteiger partial charge on any atom is 0.271 e. The van der Waals surface area contributed by atoms with Crippen molar-refractivity contribution in [3.05, 3.63) is 72.4 Å². The van der Waals surface area contributed by atoms with E-state index in [4.69, 9.17) is 9.47 Å². The van der Waals surface area contributed by atoms with Crippen LogP contribution in [0.25, 0.3) is 6.08 Å². The molecular formula is C31H33IN2O8. The summed E-state index contributed by atoms with van der Waals surface area (Å²) in [7, 11) is 1.52. The van der Waals surface area contributed by atoms with Gasteiger partial charge in [0.15, 0.2) is 11.5 Å². The SMILES string of the molecule is CCC/C(=C\c1cc(I)c(O)c(OC)c1)CC[C@H]1OC[C@H]2C1=C(CO)C[C@H]1C(=O)N(c3cccc([N+](=O)[O-])c3)C(=O)[C@H]12. The molecule has 2 aromatic carbocycles. The Labute approximate surface area is 257 Å². The van der Waals surface area contributed by atoms with Gasteiger partial charge in [0.25, 0.3) is 5.69 Å². The van der Waals surface area contributed by atoms with Crippen LogP contribution >= 0.6 is 22.6 Å². The molecule has 0 aromatic heterocycles. The minimum absolute atomic E-state index is 0.112. The summed E-state index contributed by atoms with van der Waals surface area (Å²) in [5, 5.41) is 31.8. The fraction of sp³-hybridized carbons (Fsp3) is 0.419. The number of rotatable bonds is 10. The number of fused-ring (bicyclic) bond motifs is 3. The van der Waals surface area contributed by atoms with Crippen molar-refractivity contribution >= 4 is 51.9 Å². The summed E-state index contributed by atoms with van der Waals surface area (Å²) in [5.74, 6) is -1.86. The molecule has 3 aliphatic rings. The Kier molecular flexibility index (Phi) is 9.00. The van der Waals surface area contributed by atoms with Gasteiger partial charge in [0.05, 0.1) is 52.4 Å². The molecule has 2 heterocycles. The van der Waals surface area contributed by atoms with Crippen LogP contribution in [0.3, 0.4) is 0 Å². The first-order chi connectivity index (χ1) is 20.2. The second-order valence-corrected chi connectivity index (χ2v) is 12.1. The zero-order valence-corrected chi connectivity index (χ0v) is 25.6. The Bertz CT molecular complexity index is 1490. The fourth-order valence-corrected chi connectivity index (χ4v) is 7.22. The minimum atomic E-state index is -0.641. The van der Waals surface area contributed by atoms with Crippen molar-refractivity contribution in [3.8, 4) is 11.5 Å². The number of carbonyl (C=O) groups is 2. The Hall–Kier alpha value is -3.29. The molecule has 222 valence electrons. The number of anilines is 1. The van der Waals surface area contributed by atoms with Gasteiger partial charge in [-0.2, -0.15) is 0 Å². The predicted octanol–water partition coefficient (Wildman–Crippen LogP) is 5.39. The number of non-ortho nitro benzene ring substituents is 1. The molecule has 11 heteroatoms. The topological polar surface area (TPSA) is 139 Å². The van der Waals surface area contributed by atoms with Gasteiger partial charge in [-0.25, -0.2) is 4.90 Å². The van der Waals surface area contributed by atoms with Crippen molar-refractivity contribution in [1.29, 1.82) is 0 Å². The van der Waals surface area contributed by atoms with E-state index in [1.165, 1.54) is 36.9 Å². The summed E-state index contributed by atoms with van der Waals surface area (Å²) in [6, 6.07) is 9.26. The lowest BCUT2D eigenvalue weighted by atomic mass is 9.69. The van der Waals surface area contributed by atoms with E-state index >= 15 is 0 Å². The number of methoxy groups -OCH3 is 1. The zero-order chi connectivity index (χ0) is 30.1. The van der Waals surface area contributed by atoms with E-state index in [0.29, 0.717) is 15.7 Å². The standard InChI is InChI=1S/C31H33IN2O8/c1-3-5-17(10-18-11-24(32)29(36)26(12-18)41-2)8-9-25-27-19(15-35)13-22-28(23(27)16-42-25)31(38)33(30(22)37)20-6-4-7-21(14-20)34(39)40/h4,6-7,10-12,14,22-23,25,28,35-36H,3,5,8-9,13,15-16H2,1-2H3/b17-10+/t22-,23+,25-,28-/m1/s1. The highest BCUT2D eigenvalue weighted by Crippen LogP contribution is 2.50. The third-order valence-electron chi connectivity index (χ3n) is 8.44. The molecule has 2 N–H and O–H groups in total. The number of phenolic OH excluding ortho intramolecular Hbond substituents is 1. The number of hydrogen-bond donors (Lipinski definition) is 2.